The van der Waals surface area contributed by atoms with Crippen molar-refractivity contribution in [2.24, 2.45) is 0 Å². The van der Waals surface area contributed by atoms with Crippen LogP contribution >= 0.6 is 0 Å². The van der Waals surface area contributed by atoms with Crippen molar-refractivity contribution in [1.29, 1.82) is 0 Å². The first-order valence-corrected chi connectivity index (χ1v) is 4.22. The molecule has 4 nitrogen and oxygen atoms in total. The van der Waals surface area contributed by atoms with Crippen LogP contribution in [0.5, 0.6) is 0 Å². The van der Waals surface area contributed by atoms with Crippen molar-refractivity contribution in [2.45, 2.75) is 32.8 Å². The third kappa shape index (κ3) is 4.66. The molecule has 74 valence electrons. The molecule has 1 atom stereocenters. The lowest BCUT2D eigenvalue weighted by atomic mass is 10.1. The zero-order valence-electron chi connectivity index (χ0n) is 8.35. The molecule has 1 N–H and O–H groups in total. The SMILES string of the molecule is CCONOC(C)(CC)COC. The van der Waals surface area contributed by atoms with Crippen molar-refractivity contribution in [3.8, 4) is 0 Å². The molecule has 0 rings (SSSR count). The summed E-state index contributed by atoms with van der Waals surface area (Å²) in [6.45, 7) is 7.00. The molecule has 0 spiro atoms. The van der Waals surface area contributed by atoms with E-state index in [9.17, 15) is 0 Å². The van der Waals surface area contributed by atoms with Crippen LogP contribution in [0.4, 0.5) is 0 Å². The van der Waals surface area contributed by atoms with Gasteiger partial charge in [0.15, 0.2) is 0 Å². The quantitative estimate of drug-likeness (QED) is 0.469. The molecule has 0 aromatic carbocycles. The molecule has 0 aromatic heterocycles. The van der Waals surface area contributed by atoms with Gasteiger partial charge in [-0.25, -0.2) is 0 Å². The van der Waals surface area contributed by atoms with Gasteiger partial charge in [0.1, 0.15) is 5.60 Å². The molecule has 0 bridgehead atoms. The molecule has 0 radical (unpaired) electrons. The van der Waals surface area contributed by atoms with E-state index in [-0.39, 0.29) is 5.60 Å². The van der Waals surface area contributed by atoms with Crippen LogP contribution in [-0.2, 0) is 14.4 Å². The van der Waals surface area contributed by atoms with E-state index >= 15 is 0 Å². The summed E-state index contributed by atoms with van der Waals surface area (Å²) in [6.07, 6.45) is 0.862. The lowest BCUT2D eigenvalue weighted by Gasteiger charge is -2.26. The number of methoxy groups -OCH3 is 1. The van der Waals surface area contributed by atoms with Gasteiger partial charge in [0, 0.05) is 7.11 Å². The second kappa shape index (κ2) is 6.37. The molecule has 0 saturated heterocycles. The molecule has 0 aliphatic carbocycles. The van der Waals surface area contributed by atoms with Gasteiger partial charge >= 0.3 is 0 Å². The van der Waals surface area contributed by atoms with E-state index in [2.05, 4.69) is 5.64 Å². The van der Waals surface area contributed by atoms with E-state index in [0.717, 1.165) is 6.42 Å². The minimum absolute atomic E-state index is 0.316. The third-order valence-corrected chi connectivity index (χ3v) is 1.69. The molecule has 0 aliphatic rings. The van der Waals surface area contributed by atoms with E-state index in [1.54, 1.807) is 7.11 Å². The van der Waals surface area contributed by atoms with E-state index in [0.29, 0.717) is 13.2 Å². The monoisotopic (exact) mass is 177 g/mol. The van der Waals surface area contributed by atoms with Crippen molar-refractivity contribution < 1.29 is 14.4 Å². The molecule has 1 unspecified atom stereocenters. The number of hydrogen-bond acceptors (Lipinski definition) is 4. The standard InChI is InChI=1S/C8H19NO3/c1-5-8(3,7-10-4)12-9-11-6-2/h9H,5-7H2,1-4H3. The topological polar surface area (TPSA) is 39.7 Å². The predicted molar refractivity (Wildman–Crippen MR) is 46.4 cm³/mol. The van der Waals surface area contributed by atoms with Gasteiger partial charge in [0.05, 0.1) is 13.2 Å². The zero-order chi connectivity index (χ0) is 9.45. The molecule has 0 heterocycles. The van der Waals surface area contributed by atoms with E-state index in [1.165, 1.54) is 0 Å². The molecule has 12 heavy (non-hydrogen) atoms. The smallest absolute Gasteiger partial charge is 0.112 e. The summed E-state index contributed by atoms with van der Waals surface area (Å²) in [6, 6.07) is 0. The highest BCUT2D eigenvalue weighted by Crippen LogP contribution is 2.13. The third-order valence-electron chi connectivity index (χ3n) is 1.69. The van der Waals surface area contributed by atoms with Gasteiger partial charge in [-0.2, -0.15) is 0 Å². The second-order valence-corrected chi connectivity index (χ2v) is 2.85. The Balaban J connectivity index is 3.63. The highest BCUT2D eigenvalue weighted by Gasteiger charge is 2.23. The Labute approximate surface area is 74.1 Å². The fraction of sp³-hybridized carbons (Fsp3) is 1.00. The van der Waals surface area contributed by atoms with E-state index in [1.807, 2.05) is 20.8 Å². The number of hydrogen-bond donors (Lipinski definition) is 1. The Morgan fingerprint density at radius 1 is 1.33 bits per heavy atom. The van der Waals surface area contributed by atoms with Gasteiger partial charge in [-0.05, 0) is 20.3 Å². The summed E-state index contributed by atoms with van der Waals surface area (Å²) < 4.78 is 5.01. The average Bonchev–Trinajstić information content (AvgIpc) is 2.06. The van der Waals surface area contributed by atoms with Crippen molar-refractivity contribution in [1.82, 2.24) is 5.64 Å². The fourth-order valence-corrected chi connectivity index (χ4v) is 0.698. The van der Waals surface area contributed by atoms with Crippen LogP contribution in [0, 0.1) is 0 Å². The van der Waals surface area contributed by atoms with Gasteiger partial charge in [-0.3, -0.25) is 9.68 Å². The molecule has 4 heteroatoms. The summed E-state index contributed by atoms with van der Waals surface area (Å²) in [7, 11) is 1.65. The average molecular weight is 177 g/mol. The molecule has 0 amide bonds. The predicted octanol–water partition coefficient (Wildman–Crippen LogP) is 1.27. The molecule has 0 aromatic rings. The summed E-state index contributed by atoms with van der Waals surface area (Å²) in [5, 5.41) is 0. The van der Waals surface area contributed by atoms with Crippen molar-refractivity contribution in [2.75, 3.05) is 20.3 Å². The second-order valence-electron chi connectivity index (χ2n) is 2.85. The van der Waals surface area contributed by atoms with E-state index in [4.69, 9.17) is 14.4 Å². The van der Waals surface area contributed by atoms with Gasteiger partial charge in [-0.15, -0.1) is 0 Å². The highest BCUT2D eigenvalue weighted by molar-refractivity contribution is 4.70. The molecular weight excluding hydrogens is 158 g/mol. The fourth-order valence-electron chi connectivity index (χ4n) is 0.698. The van der Waals surface area contributed by atoms with Crippen molar-refractivity contribution in [3.05, 3.63) is 0 Å². The van der Waals surface area contributed by atoms with Crippen LogP contribution in [0.2, 0.25) is 0 Å². The Bertz CT molecular complexity index is 110. The van der Waals surface area contributed by atoms with Crippen LogP contribution in [0.1, 0.15) is 27.2 Å². The molecule has 0 saturated carbocycles. The van der Waals surface area contributed by atoms with Gasteiger partial charge in [0.25, 0.3) is 0 Å². The first-order chi connectivity index (χ1) is 5.68. The van der Waals surface area contributed by atoms with Crippen LogP contribution in [-0.4, -0.2) is 25.9 Å². The van der Waals surface area contributed by atoms with Crippen molar-refractivity contribution in [3.63, 3.8) is 0 Å². The lowest BCUT2D eigenvalue weighted by molar-refractivity contribution is -0.242. The molecule has 0 fully saturated rings. The lowest BCUT2D eigenvalue weighted by Crippen LogP contribution is -2.38. The summed E-state index contributed by atoms with van der Waals surface area (Å²) in [5.74, 6) is 0. The summed E-state index contributed by atoms with van der Waals surface area (Å²) >= 11 is 0. The van der Waals surface area contributed by atoms with Gasteiger partial charge in [0.2, 0.25) is 0 Å². The Kier molecular flexibility index (Phi) is 6.28. The first-order valence-electron chi connectivity index (χ1n) is 4.22. The molecule has 0 aliphatic heterocycles. The maximum absolute atomic E-state index is 5.26. The minimum atomic E-state index is -0.316. The zero-order valence-corrected chi connectivity index (χ0v) is 8.35. The largest absolute Gasteiger partial charge is 0.382 e. The number of nitrogens with one attached hydrogen (secondary N) is 1. The highest BCUT2D eigenvalue weighted by atomic mass is 16.9. The summed E-state index contributed by atoms with van der Waals surface area (Å²) in [4.78, 5) is 10.1. The van der Waals surface area contributed by atoms with Crippen LogP contribution in [0.3, 0.4) is 0 Å². The first kappa shape index (κ1) is 11.8. The van der Waals surface area contributed by atoms with Crippen LogP contribution in [0.15, 0.2) is 0 Å². The Morgan fingerprint density at radius 3 is 2.42 bits per heavy atom. The van der Waals surface area contributed by atoms with Gasteiger partial charge < -0.3 is 4.74 Å². The summed E-state index contributed by atoms with van der Waals surface area (Å²) in [5.41, 5.74) is 2.12. The number of rotatable bonds is 7. The number of ether oxygens (including phenoxy) is 1. The maximum atomic E-state index is 5.26. The Hall–Kier alpha value is -0.160. The van der Waals surface area contributed by atoms with Crippen LogP contribution < -0.4 is 5.64 Å². The Morgan fingerprint density at radius 2 is 2.00 bits per heavy atom. The van der Waals surface area contributed by atoms with Gasteiger partial charge in [-0.1, -0.05) is 12.6 Å². The van der Waals surface area contributed by atoms with E-state index < -0.39 is 0 Å². The normalized spacial score (nSPS) is 16.0. The molecular formula is C8H19NO3. The van der Waals surface area contributed by atoms with Crippen molar-refractivity contribution >= 4 is 0 Å². The minimum Gasteiger partial charge on any atom is -0.382 e. The maximum Gasteiger partial charge on any atom is 0.112 e. The van der Waals surface area contributed by atoms with Crippen LogP contribution in [0.25, 0.3) is 0 Å².